The minimum absolute atomic E-state index is 0.0212. The highest BCUT2D eigenvalue weighted by atomic mass is 16.4. The van der Waals surface area contributed by atoms with Crippen LogP contribution in [0.5, 0.6) is 0 Å². The second-order valence-corrected chi connectivity index (χ2v) is 9.77. The average Bonchev–Trinajstić information content (AvgIpc) is 3.29. The molecule has 5 N–H and O–H groups in total. The van der Waals surface area contributed by atoms with Gasteiger partial charge in [0, 0.05) is 6.04 Å². The molecule has 0 aromatic carbocycles. The monoisotopic (exact) mass is 391 g/mol. The zero-order valence-corrected chi connectivity index (χ0v) is 16.0. The number of aliphatic carboxylic acids is 1. The summed E-state index contributed by atoms with van der Waals surface area (Å²) in [5.41, 5.74) is 5.71. The first kappa shape index (κ1) is 19.6. The number of carbonyl (C=O) groups is 2. The lowest BCUT2D eigenvalue weighted by Crippen LogP contribution is -2.64. The standard InChI is InChI=1S/C18H25N3O2.C2H4O3/c19-8-13-2-12-3-14(12)21(13)16(22)15(20)17-4-10-1-11(5-17)7-18(23,6-10)9-17;3-1-2(4)5/h10-15,23H,1-7,9,20H2;3H,1H2,(H,4,5)/t10-,11+,12-,13+,14+,15-,17?,18?;/m1./s1. The van der Waals surface area contributed by atoms with E-state index in [0.29, 0.717) is 24.2 Å². The van der Waals surface area contributed by atoms with Crippen LogP contribution >= 0.6 is 0 Å². The van der Waals surface area contributed by atoms with Gasteiger partial charge < -0.3 is 26.0 Å². The lowest BCUT2D eigenvalue weighted by atomic mass is 9.46. The molecule has 1 saturated heterocycles. The first-order chi connectivity index (χ1) is 13.2. The molecule has 2 unspecified atom stereocenters. The zero-order valence-electron chi connectivity index (χ0n) is 16.0. The molecule has 0 spiro atoms. The van der Waals surface area contributed by atoms with E-state index in [1.165, 1.54) is 6.42 Å². The van der Waals surface area contributed by atoms with Gasteiger partial charge in [-0.15, -0.1) is 0 Å². The third-order valence-corrected chi connectivity index (χ3v) is 7.64. The fourth-order valence-corrected chi connectivity index (χ4v) is 6.96. The third-order valence-electron chi connectivity index (χ3n) is 7.64. The summed E-state index contributed by atoms with van der Waals surface area (Å²) in [7, 11) is 0. The van der Waals surface area contributed by atoms with Crippen molar-refractivity contribution in [2.45, 2.75) is 75.1 Å². The summed E-state index contributed by atoms with van der Waals surface area (Å²) in [4.78, 5) is 24.1. The number of hydrogen-bond donors (Lipinski definition) is 4. The summed E-state index contributed by atoms with van der Waals surface area (Å²) in [6.07, 6.45) is 7.48. The maximum atomic E-state index is 13.1. The van der Waals surface area contributed by atoms with E-state index in [2.05, 4.69) is 6.07 Å². The summed E-state index contributed by atoms with van der Waals surface area (Å²) in [6, 6.07) is 1.72. The van der Waals surface area contributed by atoms with Crippen LogP contribution in [-0.2, 0) is 9.59 Å². The van der Waals surface area contributed by atoms with Gasteiger partial charge in [0.1, 0.15) is 12.6 Å². The Morgan fingerprint density at radius 2 is 1.79 bits per heavy atom. The molecule has 0 aromatic heterocycles. The molecule has 1 amide bonds. The van der Waals surface area contributed by atoms with Crippen LogP contribution in [0.1, 0.15) is 51.4 Å². The lowest BCUT2D eigenvalue weighted by Gasteiger charge is -2.61. The molecule has 5 saturated carbocycles. The van der Waals surface area contributed by atoms with Crippen molar-refractivity contribution in [2.24, 2.45) is 28.9 Å². The zero-order chi connectivity index (χ0) is 20.3. The molecule has 8 nitrogen and oxygen atoms in total. The van der Waals surface area contributed by atoms with Crippen LogP contribution in [0.4, 0.5) is 0 Å². The third kappa shape index (κ3) is 3.19. The molecule has 1 heterocycles. The first-order valence-corrected chi connectivity index (χ1v) is 10.2. The molecule has 6 rings (SSSR count). The molecule has 8 atom stereocenters. The van der Waals surface area contributed by atoms with Crippen molar-refractivity contribution < 1.29 is 24.9 Å². The summed E-state index contributed by atoms with van der Waals surface area (Å²) in [5, 5.41) is 35.3. The van der Waals surface area contributed by atoms with E-state index in [-0.39, 0.29) is 23.4 Å². The topological polar surface area (TPSA) is 148 Å². The molecular weight excluding hydrogens is 362 g/mol. The molecule has 6 aliphatic rings. The van der Waals surface area contributed by atoms with E-state index >= 15 is 0 Å². The van der Waals surface area contributed by atoms with Gasteiger partial charge in [-0.05, 0) is 74.5 Å². The molecular formula is C20H29N3O5. The molecule has 5 aliphatic carbocycles. The van der Waals surface area contributed by atoms with Gasteiger partial charge in [0.25, 0.3) is 0 Å². The molecule has 1 aliphatic heterocycles. The molecule has 28 heavy (non-hydrogen) atoms. The number of aliphatic hydroxyl groups is 2. The molecule has 6 fully saturated rings. The highest BCUT2D eigenvalue weighted by molar-refractivity contribution is 5.84. The van der Waals surface area contributed by atoms with Crippen molar-refractivity contribution >= 4 is 11.9 Å². The van der Waals surface area contributed by atoms with Crippen LogP contribution in [0.15, 0.2) is 0 Å². The van der Waals surface area contributed by atoms with Gasteiger partial charge in [-0.25, -0.2) is 4.79 Å². The lowest BCUT2D eigenvalue weighted by molar-refractivity contribution is -0.177. The smallest absolute Gasteiger partial charge is 0.329 e. The Labute approximate surface area is 164 Å². The van der Waals surface area contributed by atoms with E-state index in [0.717, 1.165) is 38.5 Å². The van der Waals surface area contributed by atoms with Gasteiger partial charge in [-0.3, -0.25) is 4.79 Å². The number of carboxylic acid groups (broad SMARTS) is 1. The summed E-state index contributed by atoms with van der Waals surface area (Å²) >= 11 is 0. The number of nitrogens with two attached hydrogens (primary N) is 1. The normalized spacial score (nSPS) is 45.5. The second kappa shape index (κ2) is 6.68. The minimum atomic E-state index is -1.19. The number of hydrogen-bond acceptors (Lipinski definition) is 6. The second-order valence-electron chi connectivity index (χ2n) is 9.77. The molecule has 154 valence electrons. The van der Waals surface area contributed by atoms with Crippen molar-refractivity contribution in [2.75, 3.05) is 6.61 Å². The van der Waals surface area contributed by atoms with Gasteiger partial charge in [0.2, 0.25) is 5.91 Å². The van der Waals surface area contributed by atoms with Crippen LogP contribution in [0.2, 0.25) is 0 Å². The van der Waals surface area contributed by atoms with Crippen molar-refractivity contribution in [3.63, 3.8) is 0 Å². The van der Waals surface area contributed by atoms with Crippen molar-refractivity contribution in [1.82, 2.24) is 4.90 Å². The summed E-state index contributed by atoms with van der Waals surface area (Å²) in [5.74, 6) is 0.367. The highest BCUT2D eigenvalue weighted by Crippen LogP contribution is 2.63. The van der Waals surface area contributed by atoms with Gasteiger partial charge >= 0.3 is 5.97 Å². The predicted octanol–water partition coefficient (Wildman–Crippen LogP) is 0.221. The maximum Gasteiger partial charge on any atom is 0.329 e. The number of aliphatic hydroxyl groups excluding tert-OH is 1. The Morgan fingerprint density at radius 1 is 1.18 bits per heavy atom. The molecule has 0 aromatic rings. The van der Waals surface area contributed by atoms with Crippen LogP contribution in [0.3, 0.4) is 0 Å². The number of piperidine rings is 1. The Hall–Kier alpha value is -1.69. The molecule has 4 bridgehead atoms. The van der Waals surface area contributed by atoms with Gasteiger partial charge in [0.15, 0.2) is 0 Å². The van der Waals surface area contributed by atoms with Crippen LogP contribution in [0, 0.1) is 34.5 Å². The number of amides is 1. The summed E-state index contributed by atoms with van der Waals surface area (Å²) in [6.45, 7) is -0.778. The quantitative estimate of drug-likeness (QED) is 0.538. The Kier molecular flexibility index (Phi) is 4.68. The maximum absolute atomic E-state index is 13.1. The van der Waals surface area contributed by atoms with Gasteiger partial charge in [-0.2, -0.15) is 5.26 Å². The van der Waals surface area contributed by atoms with E-state index in [9.17, 15) is 15.2 Å². The van der Waals surface area contributed by atoms with E-state index < -0.39 is 24.2 Å². The summed E-state index contributed by atoms with van der Waals surface area (Å²) < 4.78 is 0. The SMILES string of the molecule is N#C[C@@H]1C[C@@H]2C[C@@H]2N1C(=O)[C@@H](N)C12C[C@@H]3C[C@@H](CC(O)(C3)C1)C2.O=C(O)CO. The van der Waals surface area contributed by atoms with Crippen molar-refractivity contribution in [3.8, 4) is 6.07 Å². The van der Waals surface area contributed by atoms with E-state index in [4.69, 9.17) is 20.7 Å². The van der Waals surface area contributed by atoms with Crippen molar-refractivity contribution in [1.29, 1.82) is 5.26 Å². The molecule has 0 radical (unpaired) electrons. The van der Waals surface area contributed by atoms with Gasteiger partial charge in [0.05, 0.1) is 17.7 Å². The minimum Gasteiger partial charge on any atom is -0.480 e. The van der Waals surface area contributed by atoms with E-state index in [1.807, 2.05) is 0 Å². The predicted molar refractivity (Wildman–Crippen MR) is 97.5 cm³/mol. The average molecular weight is 391 g/mol. The van der Waals surface area contributed by atoms with E-state index in [1.54, 1.807) is 4.90 Å². The fraction of sp³-hybridized carbons (Fsp3) is 0.850. The highest BCUT2D eigenvalue weighted by Gasteiger charge is 2.62. The fourth-order valence-electron chi connectivity index (χ4n) is 6.96. The van der Waals surface area contributed by atoms with Gasteiger partial charge in [-0.1, -0.05) is 0 Å². The number of carbonyl (C=O) groups excluding carboxylic acids is 1. The Balaban J connectivity index is 0.000000346. The number of nitrogens with zero attached hydrogens (tertiary/aromatic N) is 2. The van der Waals surface area contributed by atoms with Crippen LogP contribution in [-0.4, -0.2) is 62.4 Å². The van der Waals surface area contributed by atoms with Crippen LogP contribution in [0.25, 0.3) is 0 Å². The largest absolute Gasteiger partial charge is 0.480 e. The number of likely N-dealkylation sites (tertiary alicyclic amines) is 1. The number of nitriles is 1. The Morgan fingerprint density at radius 3 is 2.29 bits per heavy atom. The first-order valence-electron chi connectivity index (χ1n) is 10.2. The van der Waals surface area contributed by atoms with Crippen LogP contribution < -0.4 is 5.73 Å². The Bertz CT molecular complexity index is 705. The number of rotatable bonds is 3. The number of fused-ring (bicyclic) bond motifs is 1. The number of carboxylic acids is 1. The van der Waals surface area contributed by atoms with Crippen molar-refractivity contribution in [3.05, 3.63) is 0 Å². The molecule has 8 heteroatoms.